The van der Waals surface area contributed by atoms with E-state index in [0.29, 0.717) is 0 Å². The van der Waals surface area contributed by atoms with Crippen LogP contribution in [0.4, 0.5) is 0 Å². The third kappa shape index (κ3) is 4.73. The quantitative estimate of drug-likeness (QED) is 0.624. The number of hydrogen-bond acceptors (Lipinski definition) is 2. The fourth-order valence-electron chi connectivity index (χ4n) is 1.97. The van der Waals surface area contributed by atoms with Crippen molar-refractivity contribution in [3.63, 3.8) is 0 Å². The van der Waals surface area contributed by atoms with E-state index in [-0.39, 0.29) is 0 Å². The number of benzene rings is 2. The Labute approximate surface area is 120 Å². The first kappa shape index (κ1) is 14.2. The molecule has 1 N–H and O–H groups in total. The van der Waals surface area contributed by atoms with Crippen LogP contribution in [0.25, 0.3) is 0 Å². The van der Waals surface area contributed by atoms with Crippen molar-refractivity contribution in [1.29, 1.82) is 0 Å². The Hall–Kier alpha value is -1.25. The Balaban J connectivity index is 1.71. The van der Waals surface area contributed by atoms with Crippen molar-refractivity contribution in [2.75, 3.05) is 12.3 Å². The van der Waals surface area contributed by atoms with Crippen LogP contribution in [-0.2, 0) is 6.54 Å². The Bertz CT molecular complexity index is 508. The molecule has 0 fully saturated rings. The van der Waals surface area contributed by atoms with Crippen molar-refractivity contribution in [3.05, 3.63) is 65.2 Å². The van der Waals surface area contributed by atoms with Crippen molar-refractivity contribution in [2.24, 2.45) is 0 Å². The molecule has 1 nitrogen and oxygen atoms in total. The van der Waals surface area contributed by atoms with Crippen LogP contribution in [0.5, 0.6) is 0 Å². The van der Waals surface area contributed by atoms with Gasteiger partial charge in [0.15, 0.2) is 0 Å². The Morgan fingerprint density at radius 1 is 1.00 bits per heavy atom. The first-order valence-corrected chi connectivity index (χ1v) is 7.69. The molecule has 2 heteroatoms. The summed E-state index contributed by atoms with van der Waals surface area (Å²) in [5.41, 5.74) is 4.11. The van der Waals surface area contributed by atoms with Crippen molar-refractivity contribution in [1.82, 2.24) is 5.32 Å². The molecule has 0 aliphatic rings. The summed E-state index contributed by atoms with van der Waals surface area (Å²) in [6.07, 6.45) is 0. The van der Waals surface area contributed by atoms with Gasteiger partial charge in [-0.05, 0) is 37.1 Å². The molecule has 2 aromatic carbocycles. The van der Waals surface area contributed by atoms with Crippen LogP contribution < -0.4 is 5.32 Å². The average molecular weight is 271 g/mol. The fraction of sp³-hybridized carbons (Fsp3) is 0.294. The van der Waals surface area contributed by atoms with E-state index in [2.05, 4.69) is 67.7 Å². The molecule has 0 aliphatic carbocycles. The molecule has 0 spiro atoms. The smallest absolute Gasteiger partial charge is 0.0208 e. The zero-order valence-corrected chi connectivity index (χ0v) is 12.5. The van der Waals surface area contributed by atoms with Crippen LogP contribution in [0, 0.1) is 13.8 Å². The van der Waals surface area contributed by atoms with Crippen molar-refractivity contribution in [2.45, 2.75) is 25.3 Å². The number of thioether (sulfide) groups is 1. The Morgan fingerprint density at radius 3 is 2.58 bits per heavy atom. The summed E-state index contributed by atoms with van der Waals surface area (Å²) in [4.78, 5) is 1.34. The number of aryl methyl sites for hydroxylation is 2. The molecular weight excluding hydrogens is 250 g/mol. The minimum Gasteiger partial charge on any atom is -0.312 e. The van der Waals surface area contributed by atoms with Gasteiger partial charge in [-0.3, -0.25) is 0 Å². The second-order valence-corrected chi connectivity index (χ2v) is 5.94. The van der Waals surface area contributed by atoms with Gasteiger partial charge in [0.1, 0.15) is 0 Å². The zero-order valence-electron chi connectivity index (χ0n) is 11.6. The molecule has 0 heterocycles. The van der Waals surface area contributed by atoms with Crippen molar-refractivity contribution >= 4 is 11.8 Å². The van der Waals surface area contributed by atoms with Gasteiger partial charge in [-0.25, -0.2) is 0 Å². The average Bonchev–Trinajstić information content (AvgIpc) is 2.43. The molecule has 0 saturated carbocycles. The van der Waals surface area contributed by atoms with E-state index in [9.17, 15) is 0 Å². The number of nitrogens with one attached hydrogen (secondary N) is 1. The van der Waals surface area contributed by atoms with E-state index >= 15 is 0 Å². The van der Waals surface area contributed by atoms with Gasteiger partial charge in [0.25, 0.3) is 0 Å². The molecule has 19 heavy (non-hydrogen) atoms. The maximum atomic E-state index is 3.52. The molecule has 0 bridgehead atoms. The van der Waals surface area contributed by atoms with Gasteiger partial charge in [-0.15, -0.1) is 11.8 Å². The van der Waals surface area contributed by atoms with Crippen molar-refractivity contribution < 1.29 is 0 Å². The molecule has 0 unspecified atom stereocenters. The first-order valence-electron chi connectivity index (χ1n) is 6.70. The minimum absolute atomic E-state index is 0.961. The van der Waals surface area contributed by atoms with Gasteiger partial charge in [0.05, 0.1) is 0 Å². The summed E-state index contributed by atoms with van der Waals surface area (Å²) in [5.74, 6) is 1.11. The fourth-order valence-corrected chi connectivity index (χ4v) is 2.80. The molecule has 0 aromatic heterocycles. The molecule has 100 valence electrons. The predicted octanol–water partition coefficient (Wildman–Crippen LogP) is 4.19. The van der Waals surface area contributed by atoms with E-state index in [1.807, 2.05) is 11.8 Å². The number of hydrogen-bond donors (Lipinski definition) is 1. The van der Waals surface area contributed by atoms with Gasteiger partial charge in [0, 0.05) is 23.7 Å². The third-order valence-electron chi connectivity index (χ3n) is 3.11. The maximum Gasteiger partial charge on any atom is 0.0208 e. The second-order valence-electron chi connectivity index (χ2n) is 4.77. The standard InChI is InChI=1S/C17H21NS/c1-14-8-9-15(2)16(12-14)13-18-10-11-19-17-6-4-3-5-7-17/h3-9,12,18H,10-11,13H2,1-2H3. The van der Waals surface area contributed by atoms with E-state index in [1.165, 1.54) is 21.6 Å². The summed E-state index contributed by atoms with van der Waals surface area (Å²) in [7, 11) is 0. The summed E-state index contributed by atoms with van der Waals surface area (Å²) < 4.78 is 0. The van der Waals surface area contributed by atoms with E-state index in [0.717, 1.165) is 18.8 Å². The zero-order chi connectivity index (χ0) is 13.5. The summed E-state index contributed by atoms with van der Waals surface area (Å²) >= 11 is 1.90. The minimum atomic E-state index is 0.961. The van der Waals surface area contributed by atoms with Crippen LogP contribution in [0.1, 0.15) is 16.7 Å². The monoisotopic (exact) mass is 271 g/mol. The Kier molecular flexibility index (Phi) is 5.49. The first-order chi connectivity index (χ1) is 9.25. The second kappa shape index (κ2) is 7.37. The van der Waals surface area contributed by atoms with Gasteiger partial charge >= 0.3 is 0 Å². The highest BCUT2D eigenvalue weighted by atomic mass is 32.2. The molecule has 2 aromatic rings. The predicted molar refractivity (Wildman–Crippen MR) is 84.8 cm³/mol. The SMILES string of the molecule is Cc1ccc(C)c(CNCCSc2ccccc2)c1. The van der Waals surface area contributed by atoms with Crippen molar-refractivity contribution in [3.8, 4) is 0 Å². The van der Waals surface area contributed by atoms with Gasteiger partial charge in [-0.1, -0.05) is 42.0 Å². The number of rotatable bonds is 6. The van der Waals surface area contributed by atoms with Crippen LogP contribution in [0.15, 0.2) is 53.4 Å². The Morgan fingerprint density at radius 2 is 1.79 bits per heavy atom. The summed E-state index contributed by atoms with van der Waals surface area (Å²) in [5, 5.41) is 3.52. The normalized spacial score (nSPS) is 10.6. The highest BCUT2D eigenvalue weighted by Crippen LogP contribution is 2.16. The van der Waals surface area contributed by atoms with E-state index in [4.69, 9.17) is 0 Å². The van der Waals surface area contributed by atoms with Crippen LogP contribution in [0.2, 0.25) is 0 Å². The molecule has 2 rings (SSSR count). The van der Waals surface area contributed by atoms with Gasteiger partial charge in [0.2, 0.25) is 0 Å². The lowest BCUT2D eigenvalue weighted by Gasteiger charge is -2.08. The summed E-state index contributed by atoms with van der Waals surface area (Å²) in [6, 6.07) is 17.2. The highest BCUT2D eigenvalue weighted by molar-refractivity contribution is 7.99. The molecule has 0 saturated heterocycles. The third-order valence-corrected chi connectivity index (χ3v) is 4.12. The largest absolute Gasteiger partial charge is 0.312 e. The van der Waals surface area contributed by atoms with Gasteiger partial charge in [-0.2, -0.15) is 0 Å². The summed E-state index contributed by atoms with van der Waals surface area (Å²) in [6.45, 7) is 6.32. The van der Waals surface area contributed by atoms with E-state index in [1.54, 1.807) is 0 Å². The highest BCUT2D eigenvalue weighted by Gasteiger charge is 1.98. The lowest BCUT2D eigenvalue weighted by Crippen LogP contribution is -2.17. The molecule has 0 atom stereocenters. The topological polar surface area (TPSA) is 12.0 Å². The molecule has 0 amide bonds. The van der Waals surface area contributed by atoms with Gasteiger partial charge < -0.3 is 5.32 Å². The lowest BCUT2D eigenvalue weighted by molar-refractivity contribution is 0.728. The van der Waals surface area contributed by atoms with Crippen LogP contribution in [-0.4, -0.2) is 12.3 Å². The maximum absolute atomic E-state index is 3.52. The van der Waals surface area contributed by atoms with Crippen LogP contribution in [0.3, 0.4) is 0 Å². The molecule has 0 aliphatic heterocycles. The molecule has 0 radical (unpaired) electrons. The lowest BCUT2D eigenvalue weighted by atomic mass is 10.1. The van der Waals surface area contributed by atoms with E-state index < -0.39 is 0 Å². The van der Waals surface area contributed by atoms with Crippen LogP contribution >= 0.6 is 11.8 Å². The molecular formula is C17H21NS.